The number of allylic oxidation sites excluding steroid dienone is 6. The maximum atomic E-state index is 11.5. The molecule has 1 aliphatic carbocycles. The molecule has 0 aliphatic heterocycles. The van der Waals surface area contributed by atoms with Crippen molar-refractivity contribution in [3.63, 3.8) is 0 Å². The number of carbonyl (C=O) groups is 1. The molecule has 1 aromatic carbocycles. The van der Waals surface area contributed by atoms with E-state index in [9.17, 15) is 9.90 Å². The van der Waals surface area contributed by atoms with Crippen LogP contribution in [0.5, 0.6) is 5.75 Å². The average Bonchev–Trinajstić information content (AvgIpc) is 2.84. The standard InChI is InChI=1S/C21H25NO2/c1-4-7-9-14(5-2)12-17-15(6-3)18(13-20(22)24)21-16(17)10-8-11-19(21)23/h4-5,7-11,17,23H,2,6,12-13H2,1,3H3,(H2,22,24)/b7-4-,14-9+. The number of carbonyl (C=O) groups excluding carboxylic acids is 1. The van der Waals surface area contributed by atoms with Gasteiger partial charge in [-0.1, -0.05) is 55.5 Å². The first-order chi connectivity index (χ1) is 11.5. The molecule has 126 valence electrons. The van der Waals surface area contributed by atoms with E-state index < -0.39 is 0 Å². The fourth-order valence-corrected chi connectivity index (χ4v) is 3.48. The summed E-state index contributed by atoms with van der Waals surface area (Å²) in [6.07, 6.45) is 9.65. The molecule has 3 heteroatoms. The van der Waals surface area contributed by atoms with Crippen LogP contribution in [0.1, 0.15) is 50.2 Å². The lowest BCUT2D eigenvalue weighted by atomic mass is 9.87. The number of amides is 1. The number of primary amides is 1. The van der Waals surface area contributed by atoms with Gasteiger partial charge in [0, 0.05) is 11.5 Å². The van der Waals surface area contributed by atoms with Crippen LogP contribution in [0.2, 0.25) is 0 Å². The maximum absolute atomic E-state index is 11.5. The van der Waals surface area contributed by atoms with Gasteiger partial charge < -0.3 is 10.8 Å². The molecule has 0 radical (unpaired) electrons. The average molecular weight is 323 g/mol. The molecule has 0 fully saturated rings. The third-order valence-electron chi connectivity index (χ3n) is 4.50. The first-order valence-corrected chi connectivity index (χ1v) is 8.30. The van der Waals surface area contributed by atoms with E-state index in [2.05, 4.69) is 19.6 Å². The second kappa shape index (κ2) is 7.82. The number of fused-ring (bicyclic) bond motifs is 1. The predicted molar refractivity (Wildman–Crippen MR) is 99.6 cm³/mol. The van der Waals surface area contributed by atoms with E-state index in [-0.39, 0.29) is 24.0 Å². The molecule has 0 heterocycles. The molecule has 1 amide bonds. The molecule has 0 saturated heterocycles. The van der Waals surface area contributed by atoms with Gasteiger partial charge in [-0.05, 0) is 42.5 Å². The van der Waals surface area contributed by atoms with Gasteiger partial charge in [0.05, 0.1) is 6.42 Å². The van der Waals surface area contributed by atoms with Crippen molar-refractivity contribution in [2.45, 2.75) is 39.0 Å². The lowest BCUT2D eigenvalue weighted by molar-refractivity contribution is -0.117. The van der Waals surface area contributed by atoms with Crippen LogP contribution in [-0.2, 0) is 4.79 Å². The van der Waals surface area contributed by atoms with Crippen LogP contribution < -0.4 is 5.73 Å². The summed E-state index contributed by atoms with van der Waals surface area (Å²) in [5, 5.41) is 10.3. The van der Waals surface area contributed by atoms with Crippen LogP contribution in [-0.4, -0.2) is 11.0 Å². The minimum atomic E-state index is -0.376. The smallest absolute Gasteiger partial charge is 0.221 e. The van der Waals surface area contributed by atoms with Gasteiger partial charge in [-0.2, -0.15) is 0 Å². The summed E-state index contributed by atoms with van der Waals surface area (Å²) in [5.41, 5.74) is 10.5. The fraction of sp³-hybridized carbons (Fsp3) is 0.286. The van der Waals surface area contributed by atoms with Crippen molar-refractivity contribution >= 4 is 11.5 Å². The van der Waals surface area contributed by atoms with Crippen molar-refractivity contribution in [1.29, 1.82) is 0 Å². The summed E-state index contributed by atoms with van der Waals surface area (Å²) in [6, 6.07) is 5.55. The summed E-state index contributed by atoms with van der Waals surface area (Å²) >= 11 is 0. The van der Waals surface area contributed by atoms with Crippen molar-refractivity contribution < 1.29 is 9.90 Å². The van der Waals surface area contributed by atoms with Gasteiger partial charge in [0.25, 0.3) is 0 Å². The van der Waals surface area contributed by atoms with E-state index in [0.717, 1.165) is 35.1 Å². The highest BCUT2D eigenvalue weighted by Gasteiger charge is 2.32. The topological polar surface area (TPSA) is 63.3 Å². The quantitative estimate of drug-likeness (QED) is 0.720. The van der Waals surface area contributed by atoms with Gasteiger partial charge in [0.2, 0.25) is 5.91 Å². The highest BCUT2D eigenvalue weighted by Crippen LogP contribution is 2.50. The zero-order valence-corrected chi connectivity index (χ0v) is 14.4. The van der Waals surface area contributed by atoms with Gasteiger partial charge in [-0.15, -0.1) is 0 Å². The number of hydrogen-bond donors (Lipinski definition) is 2. The van der Waals surface area contributed by atoms with Gasteiger partial charge in [0.15, 0.2) is 0 Å². The molecular formula is C21H25NO2. The van der Waals surface area contributed by atoms with Gasteiger partial charge >= 0.3 is 0 Å². The first kappa shape index (κ1) is 17.8. The van der Waals surface area contributed by atoms with Crippen LogP contribution in [0, 0.1) is 0 Å². The van der Waals surface area contributed by atoms with E-state index in [1.807, 2.05) is 37.3 Å². The van der Waals surface area contributed by atoms with Crippen molar-refractivity contribution in [2.24, 2.45) is 5.73 Å². The Balaban J connectivity index is 2.54. The van der Waals surface area contributed by atoms with Crippen LogP contribution >= 0.6 is 0 Å². The monoisotopic (exact) mass is 323 g/mol. The SMILES string of the molecule is C=C/C(=C\C=C/C)CC1C(CC)=C(CC(N)=O)c2c(O)cccc21. The lowest BCUT2D eigenvalue weighted by Gasteiger charge is -2.17. The van der Waals surface area contributed by atoms with E-state index in [4.69, 9.17) is 5.73 Å². The first-order valence-electron chi connectivity index (χ1n) is 8.30. The summed E-state index contributed by atoms with van der Waals surface area (Å²) in [5.74, 6) is -0.0186. The number of hydrogen-bond acceptors (Lipinski definition) is 2. The normalized spacial score (nSPS) is 17.4. The van der Waals surface area contributed by atoms with Crippen LogP contribution in [0.15, 0.2) is 60.2 Å². The van der Waals surface area contributed by atoms with E-state index in [1.165, 1.54) is 5.57 Å². The van der Waals surface area contributed by atoms with Gasteiger partial charge in [0.1, 0.15) is 5.75 Å². The van der Waals surface area contributed by atoms with Crippen molar-refractivity contribution in [1.82, 2.24) is 0 Å². The molecule has 0 saturated carbocycles. The largest absolute Gasteiger partial charge is 0.507 e. The molecule has 3 nitrogen and oxygen atoms in total. The second-order valence-corrected chi connectivity index (χ2v) is 5.97. The highest BCUT2D eigenvalue weighted by molar-refractivity contribution is 5.93. The fourth-order valence-electron chi connectivity index (χ4n) is 3.48. The highest BCUT2D eigenvalue weighted by atomic mass is 16.3. The van der Waals surface area contributed by atoms with Crippen LogP contribution in [0.3, 0.4) is 0 Å². The minimum absolute atomic E-state index is 0.140. The summed E-state index contributed by atoms with van der Waals surface area (Å²) in [4.78, 5) is 11.5. The Hall–Kier alpha value is -2.55. The summed E-state index contributed by atoms with van der Waals surface area (Å²) < 4.78 is 0. The molecule has 3 N–H and O–H groups in total. The maximum Gasteiger partial charge on any atom is 0.221 e. The number of phenols is 1. The molecule has 0 bridgehead atoms. The van der Waals surface area contributed by atoms with Crippen LogP contribution in [0.25, 0.3) is 5.57 Å². The summed E-state index contributed by atoms with van der Waals surface area (Å²) in [6.45, 7) is 7.96. The number of aromatic hydroxyl groups is 1. The molecule has 2 rings (SSSR count). The van der Waals surface area contributed by atoms with Gasteiger partial charge in [-0.25, -0.2) is 0 Å². The Kier molecular flexibility index (Phi) is 5.80. The summed E-state index contributed by atoms with van der Waals surface area (Å²) in [7, 11) is 0. The predicted octanol–water partition coefficient (Wildman–Crippen LogP) is 4.61. The zero-order valence-electron chi connectivity index (χ0n) is 14.4. The van der Waals surface area contributed by atoms with Crippen molar-refractivity contribution in [2.75, 3.05) is 0 Å². The molecule has 1 aliphatic rings. The van der Waals surface area contributed by atoms with Gasteiger partial charge in [-0.3, -0.25) is 4.79 Å². The van der Waals surface area contributed by atoms with Crippen molar-refractivity contribution in [3.05, 3.63) is 71.4 Å². The molecule has 1 atom stereocenters. The lowest BCUT2D eigenvalue weighted by Crippen LogP contribution is -2.11. The second-order valence-electron chi connectivity index (χ2n) is 5.97. The molecule has 1 unspecified atom stereocenters. The Bertz CT molecular complexity index is 738. The van der Waals surface area contributed by atoms with Crippen molar-refractivity contribution in [3.8, 4) is 5.75 Å². The molecular weight excluding hydrogens is 298 g/mol. The Morgan fingerprint density at radius 2 is 2.17 bits per heavy atom. The Morgan fingerprint density at radius 3 is 2.75 bits per heavy atom. The Labute approximate surface area is 143 Å². The molecule has 0 aromatic heterocycles. The van der Waals surface area contributed by atoms with Crippen LogP contribution in [0.4, 0.5) is 0 Å². The third-order valence-corrected chi connectivity index (χ3v) is 4.50. The molecule has 24 heavy (non-hydrogen) atoms. The molecule has 0 spiro atoms. The van der Waals surface area contributed by atoms with E-state index in [1.54, 1.807) is 6.07 Å². The zero-order chi connectivity index (χ0) is 17.7. The Morgan fingerprint density at radius 1 is 1.42 bits per heavy atom. The van der Waals surface area contributed by atoms with E-state index >= 15 is 0 Å². The number of nitrogens with two attached hydrogens (primary N) is 1. The van der Waals surface area contributed by atoms with E-state index in [0.29, 0.717) is 0 Å². The third kappa shape index (κ3) is 3.51. The minimum Gasteiger partial charge on any atom is -0.507 e. The number of phenolic OH excluding ortho intramolecular Hbond substituents is 1. The number of rotatable bonds is 7. The molecule has 1 aromatic rings. The number of benzene rings is 1.